The van der Waals surface area contributed by atoms with Gasteiger partial charge in [-0.2, -0.15) is 17.6 Å². The second kappa shape index (κ2) is 10.7. The molecule has 34 heavy (non-hydrogen) atoms. The highest BCUT2D eigenvalue weighted by Gasteiger charge is 2.22. The molecular formula is C18H17F5N6O4S. The molecule has 0 amide bonds. The second-order valence-corrected chi connectivity index (χ2v) is 8.65. The Morgan fingerprint density at radius 2 is 1.82 bits per heavy atom. The number of anilines is 1. The fourth-order valence-corrected chi connectivity index (χ4v) is 3.25. The third-order valence-electron chi connectivity index (χ3n) is 4.29. The summed E-state index contributed by atoms with van der Waals surface area (Å²) >= 11 is 0. The summed E-state index contributed by atoms with van der Waals surface area (Å²) in [5.74, 6) is -2.84. The van der Waals surface area contributed by atoms with E-state index < -0.39 is 46.6 Å². The fourth-order valence-electron chi connectivity index (χ4n) is 2.63. The Balaban J connectivity index is 1.83. The van der Waals surface area contributed by atoms with Crippen LogP contribution in [-0.2, 0) is 10.0 Å². The summed E-state index contributed by atoms with van der Waals surface area (Å²) in [6.45, 7) is -2.09. The molecule has 3 rings (SSSR count). The number of alkyl halides is 4. The number of sulfonamides is 1. The minimum Gasteiger partial charge on any atom is -0.435 e. The number of rotatable bonds is 11. The maximum atomic E-state index is 14.6. The zero-order valence-electron chi connectivity index (χ0n) is 17.3. The van der Waals surface area contributed by atoms with Gasteiger partial charge in [-0.3, -0.25) is 0 Å². The molecule has 0 bridgehead atoms. The molecule has 184 valence electrons. The van der Waals surface area contributed by atoms with Crippen LogP contribution in [0.25, 0.3) is 11.5 Å². The molecule has 0 aliphatic carbocycles. The van der Waals surface area contributed by atoms with Gasteiger partial charge in [-0.05, 0) is 13.0 Å². The van der Waals surface area contributed by atoms with Crippen LogP contribution in [0, 0.1) is 5.82 Å². The maximum absolute atomic E-state index is 14.6. The van der Waals surface area contributed by atoms with E-state index in [1.807, 2.05) is 0 Å². The number of hydrogen-bond acceptors (Lipinski definition) is 9. The van der Waals surface area contributed by atoms with Crippen molar-refractivity contribution >= 4 is 16.0 Å². The molecule has 1 atom stereocenters. The molecule has 1 unspecified atom stereocenters. The Labute approximate surface area is 189 Å². The van der Waals surface area contributed by atoms with Crippen LogP contribution in [0.3, 0.4) is 0 Å². The van der Waals surface area contributed by atoms with E-state index in [4.69, 9.17) is 4.42 Å². The van der Waals surface area contributed by atoms with Crippen LogP contribution in [0.1, 0.15) is 30.8 Å². The van der Waals surface area contributed by atoms with Gasteiger partial charge in [0.2, 0.25) is 16.0 Å². The van der Waals surface area contributed by atoms with Crippen molar-refractivity contribution < 1.29 is 39.5 Å². The molecule has 0 aliphatic heterocycles. The van der Waals surface area contributed by atoms with Crippen molar-refractivity contribution in [1.29, 1.82) is 0 Å². The molecule has 0 spiro atoms. The molecule has 2 N–H and O–H groups in total. The largest absolute Gasteiger partial charge is 0.435 e. The Morgan fingerprint density at radius 3 is 2.38 bits per heavy atom. The van der Waals surface area contributed by atoms with Crippen LogP contribution in [0.15, 0.2) is 35.0 Å². The number of hydrogen-bond donors (Lipinski definition) is 2. The average Bonchev–Trinajstić information content (AvgIpc) is 3.28. The molecule has 0 radical (unpaired) electrons. The van der Waals surface area contributed by atoms with E-state index in [9.17, 15) is 30.4 Å². The number of halogens is 5. The molecule has 1 aromatic carbocycles. The summed E-state index contributed by atoms with van der Waals surface area (Å²) < 4.78 is 99.6. The molecule has 16 heteroatoms. The van der Waals surface area contributed by atoms with Gasteiger partial charge in [-0.25, -0.2) is 27.5 Å². The van der Waals surface area contributed by atoms with Crippen LogP contribution in [0.2, 0.25) is 0 Å². The monoisotopic (exact) mass is 508 g/mol. The van der Waals surface area contributed by atoms with Crippen LogP contribution in [0.5, 0.6) is 5.75 Å². The number of ether oxygens (including phenoxy) is 1. The van der Waals surface area contributed by atoms with Gasteiger partial charge in [0.05, 0.1) is 17.4 Å². The number of nitrogens with zero attached hydrogens (tertiary/aromatic N) is 4. The van der Waals surface area contributed by atoms with E-state index in [2.05, 4.69) is 34.9 Å². The molecule has 0 aliphatic rings. The van der Waals surface area contributed by atoms with E-state index in [0.29, 0.717) is 0 Å². The van der Waals surface area contributed by atoms with Gasteiger partial charge in [0.1, 0.15) is 11.6 Å². The lowest BCUT2D eigenvalue weighted by Crippen LogP contribution is -2.33. The molecule has 3 aromatic rings. The first-order chi connectivity index (χ1) is 16.1. The average molecular weight is 508 g/mol. The van der Waals surface area contributed by atoms with E-state index in [1.165, 1.54) is 19.3 Å². The first kappa shape index (κ1) is 25.2. The van der Waals surface area contributed by atoms with Gasteiger partial charge in [0.25, 0.3) is 11.8 Å². The highest BCUT2D eigenvalue weighted by Crippen LogP contribution is 2.26. The molecule has 2 heterocycles. The Bertz CT molecular complexity index is 1210. The summed E-state index contributed by atoms with van der Waals surface area (Å²) in [4.78, 5) is 7.93. The van der Waals surface area contributed by atoms with Crippen molar-refractivity contribution in [3.05, 3.63) is 47.9 Å². The zero-order valence-corrected chi connectivity index (χ0v) is 18.1. The molecule has 0 saturated heterocycles. The van der Waals surface area contributed by atoms with Crippen molar-refractivity contribution in [3.8, 4) is 17.2 Å². The lowest BCUT2D eigenvalue weighted by Gasteiger charge is -2.20. The van der Waals surface area contributed by atoms with Gasteiger partial charge in [-0.15, -0.1) is 10.2 Å². The van der Waals surface area contributed by atoms with E-state index in [0.717, 1.165) is 18.2 Å². The highest BCUT2D eigenvalue weighted by molar-refractivity contribution is 7.89. The van der Waals surface area contributed by atoms with Gasteiger partial charge >= 0.3 is 13.0 Å². The van der Waals surface area contributed by atoms with Crippen LogP contribution >= 0.6 is 0 Å². The van der Waals surface area contributed by atoms with E-state index in [-0.39, 0.29) is 35.3 Å². The van der Waals surface area contributed by atoms with E-state index in [1.54, 1.807) is 0 Å². The maximum Gasteiger partial charge on any atom is 0.387 e. The Kier molecular flexibility index (Phi) is 7.93. The minimum atomic E-state index is -3.67. The number of benzene rings is 1. The smallest absolute Gasteiger partial charge is 0.387 e. The second-order valence-electron chi connectivity index (χ2n) is 6.55. The third kappa shape index (κ3) is 6.57. The molecule has 0 saturated carbocycles. The third-order valence-corrected chi connectivity index (χ3v) is 5.66. The van der Waals surface area contributed by atoms with Gasteiger partial charge < -0.3 is 14.5 Å². The molecule has 10 nitrogen and oxygen atoms in total. The number of nitrogens with one attached hydrogen (secondary N) is 2. The summed E-state index contributed by atoms with van der Waals surface area (Å²) in [5.41, 5.74) is 0.0273. The molecular weight excluding hydrogens is 491 g/mol. The van der Waals surface area contributed by atoms with Gasteiger partial charge in [-0.1, -0.05) is 6.07 Å². The van der Waals surface area contributed by atoms with Crippen molar-refractivity contribution in [3.63, 3.8) is 0 Å². The fraction of sp³-hybridized carbons (Fsp3) is 0.333. The molecule has 2 aromatic heterocycles. The van der Waals surface area contributed by atoms with Crippen molar-refractivity contribution in [2.45, 2.75) is 26.0 Å². The normalized spacial score (nSPS) is 12.8. The van der Waals surface area contributed by atoms with Crippen molar-refractivity contribution in [2.24, 2.45) is 0 Å². The summed E-state index contributed by atoms with van der Waals surface area (Å²) in [6, 6.07) is 1.89. The van der Waals surface area contributed by atoms with Crippen LogP contribution in [-0.4, -0.2) is 47.5 Å². The predicted molar refractivity (Wildman–Crippen MR) is 107 cm³/mol. The summed E-state index contributed by atoms with van der Waals surface area (Å²) in [6.07, 6.45) is -0.620. The quantitative estimate of drug-likeness (QED) is 0.375. The molecule has 0 fully saturated rings. The lowest BCUT2D eigenvalue weighted by molar-refractivity contribution is -0.0500. The van der Waals surface area contributed by atoms with Crippen LogP contribution < -0.4 is 14.8 Å². The lowest BCUT2D eigenvalue weighted by atomic mass is 10.1. The van der Waals surface area contributed by atoms with Crippen molar-refractivity contribution in [1.82, 2.24) is 24.9 Å². The van der Waals surface area contributed by atoms with E-state index >= 15 is 0 Å². The zero-order chi connectivity index (χ0) is 24.9. The Morgan fingerprint density at radius 1 is 1.12 bits per heavy atom. The standard InChI is InChI=1S/C18H17F5N6O4S/c1-2-34(30,31)26-8-13(11-4-3-10(5-12(11)19)32-17(22)23)27-18-24-6-9(7-25-18)15-28-29-16(33-15)14(20)21/h3-7,13-14,17,26H,2,8H2,1H3,(H,24,25,27). The Hall–Kier alpha value is -3.40. The topological polar surface area (TPSA) is 132 Å². The highest BCUT2D eigenvalue weighted by atomic mass is 32.2. The SMILES string of the molecule is CCS(=O)(=O)NCC(Nc1ncc(-c2nnc(C(F)F)o2)cn1)c1ccc(OC(F)F)cc1F. The van der Waals surface area contributed by atoms with Crippen LogP contribution in [0.4, 0.5) is 27.9 Å². The van der Waals surface area contributed by atoms with Gasteiger partial charge in [0, 0.05) is 30.6 Å². The summed E-state index contributed by atoms with van der Waals surface area (Å²) in [7, 11) is -3.67. The van der Waals surface area contributed by atoms with Crippen molar-refractivity contribution in [2.75, 3.05) is 17.6 Å². The first-order valence-corrected chi connectivity index (χ1v) is 11.1. The number of aromatic nitrogens is 4. The van der Waals surface area contributed by atoms with Gasteiger partial charge in [0.15, 0.2) is 0 Å². The predicted octanol–water partition coefficient (Wildman–Crippen LogP) is 3.30. The first-order valence-electron chi connectivity index (χ1n) is 9.50. The minimum absolute atomic E-state index is 0.0911. The summed E-state index contributed by atoms with van der Waals surface area (Å²) in [5, 5.41) is 9.38.